The van der Waals surface area contributed by atoms with E-state index in [1.54, 1.807) is 0 Å². The normalized spacial score (nSPS) is 25.2. The second-order valence-electron chi connectivity index (χ2n) is 4.51. The van der Waals surface area contributed by atoms with Gasteiger partial charge in [-0.25, -0.2) is 21.6 Å². The average Bonchev–Trinajstić information content (AvgIpc) is 2.61. The van der Waals surface area contributed by atoms with E-state index in [-0.39, 0.29) is 10.5 Å². The first-order valence-corrected chi connectivity index (χ1v) is 8.95. The second-order valence-corrected chi connectivity index (χ2v) is 8.38. The highest BCUT2D eigenvalue weighted by atomic mass is 32.2. The van der Waals surface area contributed by atoms with E-state index in [2.05, 4.69) is 4.72 Å². The van der Waals surface area contributed by atoms with Crippen molar-refractivity contribution in [3.63, 3.8) is 0 Å². The highest BCUT2D eigenvalue weighted by molar-refractivity contribution is 7.92. The van der Waals surface area contributed by atoms with Crippen LogP contribution in [0.2, 0.25) is 0 Å². The smallest absolute Gasteiger partial charge is 0.240 e. The van der Waals surface area contributed by atoms with Crippen molar-refractivity contribution in [3.05, 3.63) is 29.8 Å². The number of sulfone groups is 1. The molecule has 2 N–H and O–H groups in total. The molecule has 20 heavy (non-hydrogen) atoms. The molecule has 2 rings (SSSR count). The Balaban J connectivity index is 2.26. The van der Waals surface area contributed by atoms with Crippen molar-refractivity contribution in [2.45, 2.75) is 17.0 Å². The molecule has 0 aliphatic carbocycles. The van der Waals surface area contributed by atoms with Crippen molar-refractivity contribution in [2.24, 2.45) is 0 Å². The van der Waals surface area contributed by atoms with Crippen LogP contribution in [-0.4, -0.2) is 45.6 Å². The summed E-state index contributed by atoms with van der Waals surface area (Å²) in [4.78, 5) is -0.145. The fourth-order valence-corrected chi connectivity index (χ4v) is 5.10. The van der Waals surface area contributed by atoms with Gasteiger partial charge < -0.3 is 5.11 Å². The first kappa shape index (κ1) is 14.9. The Morgan fingerprint density at radius 3 is 2.60 bits per heavy atom. The molecule has 0 amide bonds. The van der Waals surface area contributed by atoms with Crippen molar-refractivity contribution in [2.75, 3.05) is 11.5 Å². The Hall–Kier alpha value is -1.47. The molecule has 2 atom stereocenters. The van der Waals surface area contributed by atoms with Crippen molar-refractivity contribution < 1.29 is 21.9 Å². The fraction of sp³-hybridized carbons (Fsp3) is 0.364. The number of rotatable bonds is 3. The Labute approximate surface area is 116 Å². The van der Waals surface area contributed by atoms with Crippen LogP contribution in [0.1, 0.15) is 5.56 Å². The van der Waals surface area contributed by atoms with Crippen molar-refractivity contribution in [1.29, 1.82) is 5.26 Å². The van der Waals surface area contributed by atoms with Crippen LogP contribution in [0.25, 0.3) is 0 Å². The summed E-state index contributed by atoms with van der Waals surface area (Å²) >= 11 is 0. The fourth-order valence-electron chi connectivity index (χ4n) is 1.94. The van der Waals surface area contributed by atoms with Gasteiger partial charge in [-0.3, -0.25) is 0 Å². The van der Waals surface area contributed by atoms with E-state index in [9.17, 15) is 21.9 Å². The number of nitriles is 1. The Morgan fingerprint density at radius 2 is 2.05 bits per heavy atom. The van der Waals surface area contributed by atoms with Crippen LogP contribution in [0.3, 0.4) is 0 Å². The van der Waals surface area contributed by atoms with Crippen molar-refractivity contribution in [3.8, 4) is 6.07 Å². The minimum atomic E-state index is -3.98. The lowest BCUT2D eigenvalue weighted by Crippen LogP contribution is -2.42. The highest BCUT2D eigenvalue weighted by Gasteiger charge is 2.38. The van der Waals surface area contributed by atoms with E-state index >= 15 is 0 Å². The lowest BCUT2D eigenvalue weighted by atomic mass is 10.2. The SMILES string of the molecule is N#Cc1cccc(S(=O)(=O)N[C@@H]2CS(=O)(=O)C[C@@H]2O)c1. The third-order valence-corrected chi connectivity index (χ3v) is 6.11. The summed E-state index contributed by atoms with van der Waals surface area (Å²) in [6, 6.07) is 6.08. The maximum absolute atomic E-state index is 12.1. The number of sulfonamides is 1. The average molecular weight is 316 g/mol. The number of aliphatic hydroxyl groups is 1. The van der Waals surface area contributed by atoms with Gasteiger partial charge in [-0.15, -0.1) is 0 Å². The van der Waals surface area contributed by atoms with Gasteiger partial charge in [-0.1, -0.05) is 6.07 Å². The van der Waals surface area contributed by atoms with E-state index in [0.717, 1.165) is 0 Å². The molecule has 0 aromatic heterocycles. The minimum Gasteiger partial charge on any atom is -0.390 e. The molecule has 1 aromatic rings. The predicted molar refractivity (Wildman–Crippen MR) is 69.9 cm³/mol. The first-order chi connectivity index (χ1) is 9.23. The summed E-state index contributed by atoms with van der Waals surface area (Å²) in [5.74, 6) is -0.899. The number of nitrogens with one attached hydrogen (secondary N) is 1. The van der Waals surface area contributed by atoms with Crippen LogP contribution in [0.4, 0.5) is 0 Å². The molecular weight excluding hydrogens is 304 g/mol. The molecule has 1 aliphatic heterocycles. The maximum Gasteiger partial charge on any atom is 0.240 e. The summed E-state index contributed by atoms with van der Waals surface area (Å²) < 4.78 is 49.0. The number of hydrogen-bond acceptors (Lipinski definition) is 6. The molecule has 7 nitrogen and oxygen atoms in total. The van der Waals surface area contributed by atoms with Crippen LogP contribution in [-0.2, 0) is 19.9 Å². The van der Waals surface area contributed by atoms with Crippen molar-refractivity contribution in [1.82, 2.24) is 4.72 Å². The van der Waals surface area contributed by atoms with E-state index in [4.69, 9.17) is 5.26 Å². The molecule has 0 spiro atoms. The quantitative estimate of drug-likeness (QED) is 0.736. The topological polar surface area (TPSA) is 124 Å². The van der Waals surface area contributed by atoms with Crippen LogP contribution in [0.5, 0.6) is 0 Å². The van der Waals surface area contributed by atoms with Gasteiger partial charge in [0.25, 0.3) is 0 Å². The standard InChI is InChI=1S/C11H12N2O5S2/c12-5-8-2-1-3-9(4-8)20(17,18)13-10-6-19(15,16)7-11(10)14/h1-4,10-11,13-14H,6-7H2/t10-,11+/m1/s1. The third kappa shape index (κ3) is 3.16. The largest absolute Gasteiger partial charge is 0.390 e. The molecule has 1 aliphatic rings. The Bertz CT molecular complexity index is 764. The van der Waals surface area contributed by atoms with Gasteiger partial charge in [0, 0.05) is 0 Å². The van der Waals surface area contributed by atoms with Gasteiger partial charge in [-0.05, 0) is 18.2 Å². The predicted octanol–water partition coefficient (Wildman–Crippen LogP) is -1.01. The van der Waals surface area contributed by atoms with Gasteiger partial charge in [0.05, 0.1) is 40.2 Å². The zero-order valence-electron chi connectivity index (χ0n) is 10.2. The molecule has 1 fully saturated rings. The van der Waals surface area contributed by atoms with Crippen LogP contribution < -0.4 is 4.72 Å². The minimum absolute atomic E-state index is 0.145. The molecule has 0 unspecified atom stereocenters. The van der Waals surface area contributed by atoms with Gasteiger partial charge in [0.1, 0.15) is 0 Å². The summed E-state index contributed by atoms with van der Waals surface area (Å²) in [6.07, 6.45) is -1.27. The zero-order valence-corrected chi connectivity index (χ0v) is 11.9. The number of hydrogen-bond donors (Lipinski definition) is 2. The second kappa shape index (κ2) is 5.14. The van der Waals surface area contributed by atoms with Crippen LogP contribution in [0.15, 0.2) is 29.2 Å². The number of aliphatic hydroxyl groups excluding tert-OH is 1. The van der Waals surface area contributed by atoms with Crippen molar-refractivity contribution >= 4 is 19.9 Å². The van der Waals surface area contributed by atoms with Gasteiger partial charge >= 0.3 is 0 Å². The highest BCUT2D eigenvalue weighted by Crippen LogP contribution is 2.17. The van der Waals surface area contributed by atoms with Gasteiger partial charge in [0.2, 0.25) is 10.0 Å². The molecule has 1 saturated heterocycles. The Morgan fingerprint density at radius 1 is 1.35 bits per heavy atom. The molecule has 0 bridgehead atoms. The molecule has 1 heterocycles. The number of benzene rings is 1. The van der Waals surface area contributed by atoms with Gasteiger partial charge in [-0.2, -0.15) is 5.26 Å². The van der Waals surface area contributed by atoms with Crippen LogP contribution in [0, 0.1) is 11.3 Å². The van der Waals surface area contributed by atoms with E-state index in [1.165, 1.54) is 24.3 Å². The summed E-state index contributed by atoms with van der Waals surface area (Å²) in [7, 11) is -7.43. The molecular formula is C11H12N2O5S2. The summed E-state index contributed by atoms with van der Waals surface area (Å²) in [5, 5.41) is 18.3. The summed E-state index contributed by atoms with van der Waals surface area (Å²) in [5.41, 5.74) is 0.174. The monoisotopic (exact) mass is 316 g/mol. The molecule has 108 valence electrons. The Kier molecular flexibility index (Phi) is 3.84. The van der Waals surface area contributed by atoms with E-state index < -0.39 is 43.5 Å². The lowest BCUT2D eigenvalue weighted by molar-refractivity contribution is 0.176. The molecule has 0 saturated carbocycles. The molecule has 9 heteroatoms. The first-order valence-electron chi connectivity index (χ1n) is 5.64. The van der Waals surface area contributed by atoms with E-state index in [1.807, 2.05) is 6.07 Å². The summed E-state index contributed by atoms with van der Waals surface area (Å²) in [6.45, 7) is 0. The number of nitrogens with zero attached hydrogens (tertiary/aromatic N) is 1. The van der Waals surface area contributed by atoms with E-state index in [0.29, 0.717) is 0 Å². The molecule has 1 aromatic carbocycles. The van der Waals surface area contributed by atoms with Crippen LogP contribution >= 0.6 is 0 Å². The third-order valence-electron chi connectivity index (χ3n) is 2.90. The maximum atomic E-state index is 12.1. The lowest BCUT2D eigenvalue weighted by Gasteiger charge is -2.15. The molecule has 0 radical (unpaired) electrons. The zero-order chi connectivity index (χ0) is 15.0. The van der Waals surface area contributed by atoms with Gasteiger partial charge in [0.15, 0.2) is 9.84 Å².